The van der Waals surface area contributed by atoms with Gasteiger partial charge in [0, 0.05) is 0 Å². The molecule has 0 spiro atoms. The van der Waals surface area contributed by atoms with Gasteiger partial charge < -0.3 is 15.4 Å². The summed E-state index contributed by atoms with van der Waals surface area (Å²) in [4.78, 5) is 11.8. The maximum atomic E-state index is 11.8. The number of likely N-dealkylation sites (N-methyl/N-ethyl adjacent to an activating group) is 1. The Balaban J connectivity index is 1.87. The number of amides is 1. The first kappa shape index (κ1) is 8.97. The first-order valence-electron chi connectivity index (χ1n) is 4.84. The van der Waals surface area contributed by atoms with E-state index in [1.54, 1.807) is 0 Å². The van der Waals surface area contributed by atoms with Gasteiger partial charge in [-0.25, -0.2) is 0 Å². The summed E-state index contributed by atoms with van der Waals surface area (Å²) in [6, 6.07) is 0.248. The molecule has 13 heavy (non-hydrogen) atoms. The van der Waals surface area contributed by atoms with Gasteiger partial charge in [0.2, 0.25) is 5.91 Å². The van der Waals surface area contributed by atoms with E-state index in [-0.39, 0.29) is 17.5 Å². The molecular weight excluding hydrogens is 168 g/mol. The summed E-state index contributed by atoms with van der Waals surface area (Å²) in [5.74, 6) is 0.148. The molecule has 1 aliphatic carbocycles. The van der Waals surface area contributed by atoms with Gasteiger partial charge in [0.05, 0.1) is 24.8 Å². The fourth-order valence-corrected chi connectivity index (χ4v) is 1.76. The average Bonchev–Trinajstić information content (AvgIpc) is 1.96. The van der Waals surface area contributed by atoms with Crippen LogP contribution in [0.15, 0.2) is 0 Å². The van der Waals surface area contributed by atoms with Crippen LogP contribution in [0.2, 0.25) is 0 Å². The second-order valence-electron chi connectivity index (χ2n) is 3.89. The highest BCUT2D eigenvalue weighted by molar-refractivity contribution is 5.87. The molecule has 0 aromatic carbocycles. The molecule has 74 valence electrons. The van der Waals surface area contributed by atoms with Crippen molar-refractivity contribution >= 4 is 5.91 Å². The predicted octanol–water partition coefficient (Wildman–Crippen LogP) is -0.357. The standard InChI is InChI=1S/C9H16N2O2/c1-10-9(3-2-4-9)8(12)11-7-5-13-6-7/h7,10H,2-6H2,1H3,(H,11,12). The molecule has 2 aliphatic rings. The molecule has 0 aromatic heterocycles. The summed E-state index contributed by atoms with van der Waals surface area (Å²) < 4.78 is 5.00. The second-order valence-corrected chi connectivity index (χ2v) is 3.89. The number of nitrogens with one attached hydrogen (secondary N) is 2. The van der Waals surface area contributed by atoms with Crippen molar-refractivity contribution in [2.24, 2.45) is 0 Å². The zero-order valence-corrected chi connectivity index (χ0v) is 7.93. The summed E-state index contributed by atoms with van der Waals surface area (Å²) in [6.45, 7) is 1.34. The molecule has 0 aromatic rings. The fraction of sp³-hybridized carbons (Fsp3) is 0.889. The summed E-state index contributed by atoms with van der Waals surface area (Å²) in [5.41, 5.74) is -0.268. The Morgan fingerprint density at radius 2 is 2.15 bits per heavy atom. The van der Waals surface area contributed by atoms with E-state index < -0.39 is 0 Å². The van der Waals surface area contributed by atoms with Crippen LogP contribution in [-0.4, -0.2) is 37.7 Å². The molecule has 4 heteroatoms. The third-order valence-electron chi connectivity index (χ3n) is 3.09. The van der Waals surface area contributed by atoms with Crippen LogP contribution in [-0.2, 0) is 9.53 Å². The number of hydrogen-bond acceptors (Lipinski definition) is 3. The van der Waals surface area contributed by atoms with E-state index in [0.29, 0.717) is 13.2 Å². The minimum Gasteiger partial charge on any atom is -0.377 e. The van der Waals surface area contributed by atoms with E-state index >= 15 is 0 Å². The number of rotatable bonds is 3. The van der Waals surface area contributed by atoms with Crippen LogP contribution in [0.25, 0.3) is 0 Å². The number of carbonyl (C=O) groups is 1. The molecule has 0 bridgehead atoms. The van der Waals surface area contributed by atoms with Crippen molar-refractivity contribution in [2.75, 3.05) is 20.3 Å². The lowest BCUT2D eigenvalue weighted by Crippen LogP contribution is -2.63. The number of ether oxygens (including phenoxy) is 1. The minimum atomic E-state index is -0.268. The first-order chi connectivity index (χ1) is 6.27. The Morgan fingerprint density at radius 1 is 1.46 bits per heavy atom. The van der Waals surface area contributed by atoms with Crippen LogP contribution < -0.4 is 10.6 Å². The highest BCUT2D eigenvalue weighted by Crippen LogP contribution is 2.31. The van der Waals surface area contributed by atoms with Crippen molar-refractivity contribution in [3.05, 3.63) is 0 Å². The van der Waals surface area contributed by atoms with Crippen molar-refractivity contribution in [3.8, 4) is 0 Å². The van der Waals surface area contributed by atoms with E-state index in [0.717, 1.165) is 19.3 Å². The molecule has 1 saturated carbocycles. The van der Waals surface area contributed by atoms with Crippen molar-refractivity contribution in [2.45, 2.75) is 30.8 Å². The summed E-state index contributed by atoms with van der Waals surface area (Å²) in [7, 11) is 1.86. The number of hydrogen-bond donors (Lipinski definition) is 2. The molecule has 1 heterocycles. The number of carbonyl (C=O) groups excluding carboxylic acids is 1. The van der Waals surface area contributed by atoms with Gasteiger partial charge in [0.15, 0.2) is 0 Å². The van der Waals surface area contributed by atoms with Crippen molar-refractivity contribution < 1.29 is 9.53 Å². The first-order valence-corrected chi connectivity index (χ1v) is 4.84. The quantitative estimate of drug-likeness (QED) is 0.630. The Hall–Kier alpha value is -0.610. The highest BCUT2D eigenvalue weighted by atomic mass is 16.5. The molecule has 2 N–H and O–H groups in total. The molecule has 0 radical (unpaired) electrons. The van der Waals surface area contributed by atoms with Crippen LogP contribution in [0.5, 0.6) is 0 Å². The smallest absolute Gasteiger partial charge is 0.240 e. The van der Waals surface area contributed by atoms with Crippen LogP contribution >= 0.6 is 0 Å². The maximum Gasteiger partial charge on any atom is 0.240 e. The van der Waals surface area contributed by atoms with Gasteiger partial charge in [0.1, 0.15) is 0 Å². The minimum absolute atomic E-state index is 0.148. The van der Waals surface area contributed by atoms with E-state index in [1.165, 1.54) is 0 Å². The van der Waals surface area contributed by atoms with E-state index in [1.807, 2.05) is 7.05 Å². The predicted molar refractivity (Wildman–Crippen MR) is 48.4 cm³/mol. The second kappa shape index (κ2) is 3.27. The zero-order valence-electron chi connectivity index (χ0n) is 7.93. The molecular formula is C9H16N2O2. The molecule has 2 fully saturated rings. The summed E-state index contributed by atoms with van der Waals surface area (Å²) >= 11 is 0. The van der Waals surface area contributed by atoms with Crippen LogP contribution in [0.4, 0.5) is 0 Å². The molecule has 1 amide bonds. The van der Waals surface area contributed by atoms with Gasteiger partial charge >= 0.3 is 0 Å². The van der Waals surface area contributed by atoms with E-state index in [9.17, 15) is 4.79 Å². The van der Waals surface area contributed by atoms with E-state index in [2.05, 4.69) is 10.6 Å². The molecule has 2 rings (SSSR count). The van der Waals surface area contributed by atoms with Gasteiger partial charge in [-0.2, -0.15) is 0 Å². The SMILES string of the molecule is CNC1(C(=O)NC2COC2)CCC1. The monoisotopic (exact) mass is 184 g/mol. The summed E-state index contributed by atoms with van der Waals surface area (Å²) in [6.07, 6.45) is 3.07. The van der Waals surface area contributed by atoms with Crippen LogP contribution in [0.3, 0.4) is 0 Å². The third kappa shape index (κ3) is 1.44. The van der Waals surface area contributed by atoms with Gasteiger partial charge in [-0.1, -0.05) is 0 Å². The Morgan fingerprint density at radius 3 is 2.46 bits per heavy atom. The normalized spacial score (nSPS) is 25.9. The van der Waals surface area contributed by atoms with Crippen LogP contribution in [0, 0.1) is 0 Å². The highest BCUT2D eigenvalue weighted by Gasteiger charge is 2.43. The van der Waals surface area contributed by atoms with Gasteiger partial charge in [0.25, 0.3) is 0 Å². The van der Waals surface area contributed by atoms with Crippen LogP contribution in [0.1, 0.15) is 19.3 Å². The topological polar surface area (TPSA) is 50.4 Å². The van der Waals surface area contributed by atoms with Gasteiger partial charge in [-0.3, -0.25) is 4.79 Å². The molecule has 0 unspecified atom stereocenters. The lowest BCUT2D eigenvalue weighted by atomic mass is 9.76. The van der Waals surface area contributed by atoms with Crippen molar-refractivity contribution in [3.63, 3.8) is 0 Å². The van der Waals surface area contributed by atoms with E-state index in [4.69, 9.17) is 4.74 Å². The fourth-order valence-electron chi connectivity index (χ4n) is 1.76. The zero-order chi connectivity index (χ0) is 9.31. The maximum absolute atomic E-state index is 11.8. The lowest BCUT2D eigenvalue weighted by Gasteiger charge is -2.41. The third-order valence-corrected chi connectivity index (χ3v) is 3.09. The average molecular weight is 184 g/mol. The summed E-state index contributed by atoms with van der Waals surface area (Å²) in [5, 5.41) is 6.10. The van der Waals surface area contributed by atoms with Gasteiger partial charge in [-0.05, 0) is 26.3 Å². The molecule has 0 atom stereocenters. The van der Waals surface area contributed by atoms with Crippen molar-refractivity contribution in [1.29, 1.82) is 0 Å². The molecule has 1 saturated heterocycles. The Labute approximate surface area is 78.0 Å². The Kier molecular flexibility index (Phi) is 2.26. The molecule has 4 nitrogen and oxygen atoms in total. The molecule has 1 aliphatic heterocycles. The lowest BCUT2D eigenvalue weighted by molar-refractivity contribution is -0.135. The van der Waals surface area contributed by atoms with Crippen molar-refractivity contribution in [1.82, 2.24) is 10.6 Å². The van der Waals surface area contributed by atoms with Gasteiger partial charge in [-0.15, -0.1) is 0 Å². The Bertz CT molecular complexity index is 204. The largest absolute Gasteiger partial charge is 0.377 e.